The minimum Gasteiger partial charge on any atom is -0.546 e. The number of anilines is 1. The molecule has 13 nitrogen and oxygen atoms in total. The molecule has 4 heterocycles. The maximum absolute atomic E-state index is 11.7. The number of aliphatic hydroxyl groups excluding tert-OH is 4. The molecule has 1 fully saturated rings. The summed E-state index contributed by atoms with van der Waals surface area (Å²) in [6, 6.07) is 0. The molecule has 0 aliphatic carbocycles. The van der Waals surface area contributed by atoms with Crippen molar-refractivity contribution in [3.05, 3.63) is 12.7 Å². The Hall–Kier alpha value is -2.42. The van der Waals surface area contributed by atoms with Crippen LogP contribution in [0.25, 0.3) is 11.2 Å². The van der Waals surface area contributed by atoms with E-state index in [1.165, 1.54) is 31.1 Å². The highest BCUT2D eigenvalue weighted by Gasteiger charge is 2.56. The lowest BCUT2D eigenvalue weighted by molar-refractivity contribution is -0.807. The quantitative estimate of drug-likeness (QED) is 0.265. The van der Waals surface area contributed by atoms with Gasteiger partial charge in [-0.25, -0.2) is 9.55 Å². The smallest absolute Gasteiger partial charge is 0.256 e. The first-order chi connectivity index (χ1) is 13.5. The first kappa shape index (κ1) is 19.9. The van der Waals surface area contributed by atoms with Crippen LogP contribution in [0.2, 0.25) is 0 Å². The highest BCUT2D eigenvalue weighted by atomic mass is 16.6. The van der Waals surface area contributed by atoms with Gasteiger partial charge < -0.3 is 40.2 Å². The van der Waals surface area contributed by atoms with Crippen LogP contribution in [0.1, 0.15) is 20.1 Å². The zero-order valence-electron chi connectivity index (χ0n) is 15.5. The maximum atomic E-state index is 11.7. The number of nitrogens with zero attached hydrogens (tertiary/aromatic N) is 4. The molecule has 0 aromatic carbocycles. The Morgan fingerprint density at radius 1 is 1.34 bits per heavy atom. The fourth-order valence-corrected chi connectivity index (χ4v) is 3.85. The molecule has 29 heavy (non-hydrogen) atoms. The van der Waals surface area contributed by atoms with Crippen LogP contribution < -0.4 is 15.0 Å². The Morgan fingerprint density at radius 3 is 2.62 bits per heavy atom. The van der Waals surface area contributed by atoms with E-state index in [9.17, 15) is 35.4 Å². The van der Waals surface area contributed by atoms with Gasteiger partial charge in [0.1, 0.15) is 24.6 Å². The van der Waals surface area contributed by atoms with Crippen molar-refractivity contribution in [3.63, 3.8) is 0 Å². The van der Waals surface area contributed by atoms with Crippen molar-refractivity contribution in [2.24, 2.45) is 0 Å². The summed E-state index contributed by atoms with van der Waals surface area (Å²) in [6.07, 6.45) is -4.16. The molecule has 2 aliphatic heterocycles. The molecule has 4 rings (SSSR count). The molecule has 0 bridgehead atoms. The third kappa shape index (κ3) is 2.56. The molecule has 0 amide bonds. The molecule has 2 aromatic heterocycles. The fourth-order valence-electron chi connectivity index (χ4n) is 3.85. The van der Waals surface area contributed by atoms with Gasteiger partial charge in [0.05, 0.1) is 12.6 Å². The molecule has 2 aromatic rings. The second-order valence-corrected chi connectivity index (χ2v) is 7.63. The molecular weight excluding hydrogens is 390 g/mol. The number of hydrogen-bond acceptors (Lipinski definition) is 11. The number of carboxylic acid groups (broad SMARTS) is 1. The highest BCUT2D eigenvalue weighted by Crippen LogP contribution is 2.35. The topological polar surface area (TPSA) is 197 Å². The molecule has 0 radical (unpaired) electrons. The Morgan fingerprint density at radius 2 is 2.03 bits per heavy atom. The number of aromatic nitrogens is 4. The predicted octanol–water partition coefficient (Wildman–Crippen LogP) is -4.71. The minimum absolute atomic E-state index is 0.0440. The van der Waals surface area contributed by atoms with E-state index in [2.05, 4.69) is 15.3 Å². The largest absolute Gasteiger partial charge is 0.546 e. The zero-order chi connectivity index (χ0) is 21.3. The lowest BCUT2D eigenvalue weighted by Crippen LogP contribution is -2.77. The molecule has 13 heteroatoms. The molecule has 158 valence electrons. The molecule has 1 saturated heterocycles. The van der Waals surface area contributed by atoms with Crippen LogP contribution in [0.3, 0.4) is 0 Å². The van der Waals surface area contributed by atoms with Crippen molar-refractivity contribution in [2.75, 3.05) is 11.9 Å². The number of fused-ring (bicyclic) bond motifs is 3. The second kappa shape index (κ2) is 6.29. The summed E-state index contributed by atoms with van der Waals surface area (Å²) < 4.78 is 7.94. The summed E-state index contributed by atoms with van der Waals surface area (Å²) in [6.45, 7) is 1.88. The first-order valence-corrected chi connectivity index (χ1v) is 8.84. The van der Waals surface area contributed by atoms with Gasteiger partial charge in [-0.1, -0.05) is 4.98 Å². The molecule has 7 atom stereocenters. The molecule has 6 N–H and O–H groups in total. The van der Waals surface area contributed by atoms with Crippen LogP contribution in [0, 0.1) is 0 Å². The predicted molar refractivity (Wildman–Crippen MR) is 89.6 cm³/mol. The van der Waals surface area contributed by atoms with Crippen LogP contribution in [0.15, 0.2) is 12.7 Å². The number of rotatable bonds is 3. The van der Waals surface area contributed by atoms with Gasteiger partial charge in [0.15, 0.2) is 23.4 Å². The fraction of sp³-hybridized carbons (Fsp3) is 0.625. The van der Waals surface area contributed by atoms with Crippen LogP contribution in [-0.2, 0) is 15.3 Å². The van der Waals surface area contributed by atoms with Crippen molar-refractivity contribution in [1.82, 2.24) is 14.5 Å². The number of ether oxygens (including phenoxy) is 1. The van der Waals surface area contributed by atoms with Crippen molar-refractivity contribution < 1.29 is 44.7 Å². The maximum Gasteiger partial charge on any atom is 0.256 e. The van der Waals surface area contributed by atoms with Crippen LogP contribution in [-0.4, -0.2) is 82.6 Å². The SMILES string of the molecule is CC1(C(=O)[O-])Nc2c3ncn([C@@H]4O[C@H](CO)C(O)[C@@H]4O)c3nc[n+]2C(C)(O)C1O. The van der Waals surface area contributed by atoms with Crippen molar-refractivity contribution >= 4 is 23.0 Å². The van der Waals surface area contributed by atoms with Crippen LogP contribution >= 0.6 is 0 Å². The van der Waals surface area contributed by atoms with E-state index in [4.69, 9.17) is 4.74 Å². The van der Waals surface area contributed by atoms with Gasteiger partial charge >= 0.3 is 0 Å². The number of nitrogens with one attached hydrogen (secondary N) is 1. The van der Waals surface area contributed by atoms with E-state index >= 15 is 0 Å². The molecular formula is C16H21N5O8. The number of carboxylic acids is 1. The second-order valence-electron chi connectivity index (χ2n) is 7.63. The summed E-state index contributed by atoms with van der Waals surface area (Å²) in [7, 11) is 0. The summed E-state index contributed by atoms with van der Waals surface area (Å²) in [5.74, 6) is -1.59. The normalized spacial score (nSPS) is 39.3. The van der Waals surface area contributed by atoms with E-state index in [1.807, 2.05) is 0 Å². The van der Waals surface area contributed by atoms with Gasteiger partial charge in [-0.2, -0.15) is 0 Å². The third-order valence-electron chi connectivity index (χ3n) is 5.67. The summed E-state index contributed by atoms with van der Waals surface area (Å²) in [5, 5.41) is 65.1. The third-order valence-corrected chi connectivity index (χ3v) is 5.67. The lowest BCUT2D eigenvalue weighted by atomic mass is 9.85. The van der Waals surface area contributed by atoms with E-state index in [-0.39, 0.29) is 17.0 Å². The number of carbonyl (C=O) groups is 1. The van der Waals surface area contributed by atoms with Crippen LogP contribution in [0.5, 0.6) is 0 Å². The molecule has 0 spiro atoms. The van der Waals surface area contributed by atoms with E-state index in [1.54, 1.807) is 0 Å². The van der Waals surface area contributed by atoms with Crippen molar-refractivity contribution in [2.45, 2.75) is 55.8 Å². The van der Waals surface area contributed by atoms with Gasteiger partial charge in [0.2, 0.25) is 17.7 Å². The Kier molecular flexibility index (Phi) is 4.31. The lowest BCUT2D eigenvalue weighted by Gasteiger charge is -2.44. The summed E-state index contributed by atoms with van der Waals surface area (Å²) in [4.78, 5) is 20.0. The van der Waals surface area contributed by atoms with E-state index < -0.39 is 54.5 Å². The Labute approximate surface area is 163 Å². The first-order valence-electron chi connectivity index (χ1n) is 8.84. The Balaban J connectivity index is 1.86. The monoisotopic (exact) mass is 411 g/mol. The number of carbonyl (C=O) groups excluding carboxylic acids is 1. The number of aliphatic hydroxyl groups is 5. The van der Waals surface area contributed by atoms with Gasteiger partial charge in [0, 0.05) is 6.92 Å². The van der Waals surface area contributed by atoms with Gasteiger partial charge in [-0.15, -0.1) is 0 Å². The minimum atomic E-state index is -2.05. The van der Waals surface area contributed by atoms with Gasteiger partial charge in [-0.3, -0.25) is 9.88 Å². The van der Waals surface area contributed by atoms with Gasteiger partial charge in [-0.05, 0) is 6.92 Å². The summed E-state index contributed by atoms with van der Waals surface area (Å²) >= 11 is 0. The van der Waals surface area contributed by atoms with Gasteiger partial charge in [0.25, 0.3) is 5.82 Å². The standard InChI is InChI=1S/C16H21N5O8/c1-15(14(26)27)13(25)16(2,28)21-5-18-10-7(11(21)19-15)17-4-20(10)12-9(24)8(23)6(3-22)29-12/h4-6,8-9,12-13,22-25,28H,3H2,1-2H3,(H,26,27)/t6-,8?,9+,12-,13?,15?,16?/m1/s1. The number of hydrogen-bond donors (Lipinski definition) is 6. The molecule has 4 unspecified atom stereocenters. The molecule has 0 saturated carbocycles. The number of imidazole rings is 1. The van der Waals surface area contributed by atoms with Crippen LogP contribution in [0.4, 0.5) is 5.82 Å². The average Bonchev–Trinajstić information content (AvgIpc) is 3.21. The van der Waals surface area contributed by atoms with E-state index in [0.717, 1.165) is 4.57 Å². The molecule has 2 aliphatic rings. The van der Waals surface area contributed by atoms with Crippen molar-refractivity contribution in [1.29, 1.82) is 0 Å². The average molecular weight is 411 g/mol. The summed E-state index contributed by atoms with van der Waals surface area (Å²) in [5.41, 5.74) is -3.83. The highest BCUT2D eigenvalue weighted by molar-refractivity contribution is 5.87. The van der Waals surface area contributed by atoms with Crippen molar-refractivity contribution in [3.8, 4) is 0 Å². The number of aliphatic carboxylic acids is 1. The Bertz CT molecular complexity index is 980. The van der Waals surface area contributed by atoms with E-state index in [0.29, 0.717) is 0 Å². The zero-order valence-corrected chi connectivity index (χ0v) is 15.5.